The highest BCUT2D eigenvalue weighted by Gasteiger charge is 1.99. The summed E-state index contributed by atoms with van der Waals surface area (Å²) in [6.07, 6.45) is 20.0. The number of benzene rings is 1. The Hall–Kier alpha value is -1.71. The van der Waals surface area contributed by atoms with Crippen LogP contribution in [0.5, 0.6) is 5.75 Å². The maximum atomic E-state index is 10.7. The number of rotatable bonds is 47. The van der Waals surface area contributed by atoms with Gasteiger partial charge in [-0.1, -0.05) is 90.4 Å². The molecule has 0 bridgehead atoms. The standard InChI is InChI=1S/C43H78O12/c1-2-3-4-5-6-7-8-9-10-11-12-13-14-15-20-45-21-22-46-23-24-47-25-26-48-27-28-49-29-30-50-31-32-51-33-34-52-35-36-53-37-38-54-39-40-55-43-18-16-42(41-44)17-19-43/h16-19,41H,2-15,20-40H2,1H3. The summed E-state index contributed by atoms with van der Waals surface area (Å²) in [6.45, 7) is 13.5. The Bertz CT molecular complexity index is 876. The zero-order valence-electron chi connectivity index (χ0n) is 34.5. The fraction of sp³-hybridized carbons (Fsp3) is 0.837. The van der Waals surface area contributed by atoms with Crippen molar-refractivity contribution in [3.63, 3.8) is 0 Å². The van der Waals surface area contributed by atoms with E-state index in [1.54, 1.807) is 24.3 Å². The molecule has 0 saturated carbocycles. The lowest BCUT2D eigenvalue weighted by atomic mass is 10.0. The smallest absolute Gasteiger partial charge is 0.150 e. The Balaban J connectivity index is 1.61. The Labute approximate surface area is 333 Å². The van der Waals surface area contributed by atoms with Gasteiger partial charge >= 0.3 is 0 Å². The van der Waals surface area contributed by atoms with Gasteiger partial charge in [0.2, 0.25) is 0 Å². The van der Waals surface area contributed by atoms with Crippen LogP contribution >= 0.6 is 0 Å². The first-order valence-electron chi connectivity index (χ1n) is 21.3. The summed E-state index contributed by atoms with van der Waals surface area (Å²) in [5, 5.41) is 0. The van der Waals surface area contributed by atoms with Gasteiger partial charge in [0.25, 0.3) is 0 Å². The molecule has 0 N–H and O–H groups in total. The van der Waals surface area contributed by atoms with Gasteiger partial charge in [-0.15, -0.1) is 0 Å². The highest BCUT2D eigenvalue weighted by Crippen LogP contribution is 2.13. The van der Waals surface area contributed by atoms with E-state index in [1.165, 1.54) is 83.5 Å². The van der Waals surface area contributed by atoms with E-state index in [0.29, 0.717) is 143 Å². The molecule has 12 heteroatoms. The SMILES string of the molecule is CCCCCCCCCCCCCCCCOCCOCCOCCOCCOCCOCCOCCOCCOCCOCCOc1ccc(C=O)cc1. The van der Waals surface area contributed by atoms with Crippen molar-refractivity contribution in [1.29, 1.82) is 0 Å². The Morgan fingerprint density at radius 3 is 0.873 bits per heavy atom. The lowest BCUT2D eigenvalue weighted by Crippen LogP contribution is -2.15. The molecule has 322 valence electrons. The predicted octanol–water partition coefficient (Wildman–Crippen LogP) is 7.53. The number of ether oxygens (including phenoxy) is 11. The second kappa shape index (κ2) is 45.0. The Kier molecular flexibility index (Phi) is 42.0. The molecule has 1 aromatic rings. The molecule has 0 heterocycles. The predicted molar refractivity (Wildman–Crippen MR) is 216 cm³/mol. The first kappa shape index (κ1) is 51.3. The second-order valence-corrected chi connectivity index (χ2v) is 13.3. The zero-order valence-corrected chi connectivity index (χ0v) is 34.5. The molecule has 0 aliphatic rings. The summed E-state index contributed by atoms with van der Waals surface area (Å²) in [4.78, 5) is 10.7. The van der Waals surface area contributed by atoms with Crippen molar-refractivity contribution >= 4 is 6.29 Å². The molecule has 0 aliphatic heterocycles. The number of carbonyl (C=O) groups is 1. The molecule has 0 aliphatic carbocycles. The number of unbranched alkanes of at least 4 members (excludes halogenated alkanes) is 13. The summed E-state index contributed by atoms with van der Waals surface area (Å²) in [5.74, 6) is 0.707. The molecule has 0 atom stereocenters. The molecule has 0 unspecified atom stereocenters. The molecule has 1 rings (SSSR count). The van der Waals surface area contributed by atoms with Gasteiger partial charge in [0.05, 0.1) is 126 Å². The van der Waals surface area contributed by atoms with Gasteiger partial charge in [-0.05, 0) is 30.7 Å². The average molecular weight is 787 g/mol. The van der Waals surface area contributed by atoms with Gasteiger partial charge in [-0.2, -0.15) is 0 Å². The van der Waals surface area contributed by atoms with Gasteiger partial charge in [0.1, 0.15) is 18.6 Å². The fourth-order valence-electron chi connectivity index (χ4n) is 5.34. The summed E-state index contributed by atoms with van der Waals surface area (Å²) in [7, 11) is 0. The normalized spacial score (nSPS) is 11.4. The molecule has 1 aromatic carbocycles. The number of carbonyl (C=O) groups excluding carboxylic acids is 1. The van der Waals surface area contributed by atoms with Crippen LogP contribution in [0.2, 0.25) is 0 Å². The molecular formula is C43H78O12. The van der Waals surface area contributed by atoms with Gasteiger partial charge < -0.3 is 52.1 Å². The lowest BCUT2D eigenvalue weighted by Gasteiger charge is -2.09. The van der Waals surface area contributed by atoms with Gasteiger partial charge in [0, 0.05) is 12.2 Å². The molecule has 12 nitrogen and oxygen atoms in total. The van der Waals surface area contributed by atoms with E-state index >= 15 is 0 Å². The molecule has 0 aromatic heterocycles. The third-order valence-electron chi connectivity index (χ3n) is 8.50. The first-order chi connectivity index (χ1) is 27.4. The molecule has 0 spiro atoms. The second-order valence-electron chi connectivity index (χ2n) is 13.3. The van der Waals surface area contributed by atoms with E-state index in [0.717, 1.165) is 19.3 Å². The van der Waals surface area contributed by atoms with Crippen molar-refractivity contribution in [3.8, 4) is 5.75 Å². The van der Waals surface area contributed by atoms with Crippen molar-refractivity contribution < 1.29 is 56.9 Å². The minimum Gasteiger partial charge on any atom is -0.491 e. The quantitative estimate of drug-likeness (QED) is 0.0480. The highest BCUT2D eigenvalue weighted by atomic mass is 16.6. The van der Waals surface area contributed by atoms with Crippen LogP contribution in [0.1, 0.15) is 107 Å². The fourth-order valence-corrected chi connectivity index (χ4v) is 5.34. The summed E-state index contributed by atoms with van der Waals surface area (Å²) >= 11 is 0. The largest absolute Gasteiger partial charge is 0.491 e. The summed E-state index contributed by atoms with van der Waals surface area (Å²) in [6, 6.07) is 6.95. The number of aldehydes is 1. The van der Waals surface area contributed by atoms with E-state index in [-0.39, 0.29) is 0 Å². The Morgan fingerprint density at radius 2 is 0.582 bits per heavy atom. The minimum absolute atomic E-state index is 0.434. The molecule has 0 amide bonds. The molecule has 0 fully saturated rings. The van der Waals surface area contributed by atoms with Crippen LogP contribution in [0.25, 0.3) is 0 Å². The number of hydrogen-bond donors (Lipinski definition) is 0. The van der Waals surface area contributed by atoms with E-state index in [2.05, 4.69) is 6.92 Å². The van der Waals surface area contributed by atoms with Crippen molar-refractivity contribution in [1.82, 2.24) is 0 Å². The van der Waals surface area contributed by atoms with Gasteiger partial charge in [-0.3, -0.25) is 4.79 Å². The van der Waals surface area contributed by atoms with Crippen LogP contribution in [0, 0.1) is 0 Å². The average Bonchev–Trinajstić information content (AvgIpc) is 3.21. The maximum absolute atomic E-state index is 10.7. The van der Waals surface area contributed by atoms with Crippen molar-refractivity contribution in [2.24, 2.45) is 0 Å². The lowest BCUT2D eigenvalue weighted by molar-refractivity contribution is -0.0267. The summed E-state index contributed by atoms with van der Waals surface area (Å²) in [5.41, 5.74) is 0.621. The highest BCUT2D eigenvalue weighted by molar-refractivity contribution is 5.74. The maximum Gasteiger partial charge on any atom is 0.150 e. The minimum atomic E-state index is 0.434. The van der Waals surface area contributed by atoms with Crippen LogP contribution in [-0.4, -0.2) is 145 Å². The third kappa shape index (κ3) is 40.3. The zero-order chi connectivity index (χ0) is 39.2. The monoisotopic (exact) mass is 787 g/mol. The van der Waals surface area contributed by atoms with Crippen molar-refractivity contribution in [2.75, 3.05) is 139 Å². The van der Waals surface area contributed by atoms with E-state index in [1.807, 2.05) is 0 Å². The van der Waals surface area contributed by atoms with Crippen LogP contribution < -0.4 is 4.74 Å². The molecule has 0 saturated heterocycles. The third-order valence-corrected chi connectivity index (χ3v) is 8.50. The summed E-state index contributed by atoms with van der Waals surface area (Å²) < 4.78 is 60.9. The molecule has 0 radical (unpaired) electrons. The van der Waals surface area contributed by atoms with Crippen LogP contribution in [0.4, 0.5) is 0 Å². The van der Waals surface area contributed by atoms with E-state index in [4.69, 9.17) is 52.1 Å². The van der Waals surface area contributed by atoms with Gasteiger partial charge in [0.15, 0.2) is 0 Å². The van der Waals surface area contributed by atoms with E-state index < -0.39 is 0 Å². The Morgan fingerprint density at radius 1 is 0.327 bits per heavy atom. The molecular weight excluding hydrogens is 708 g/mol. The number of hydrogen-bond acceptors (Lipinski definition) is 12. The van der Waals surface area contributed by atoms with Crippen LogP contribution in [0.3, 0.4) is 0 Å². The van der Waals surface area contributed by atoms with Crippen LogP contribution in [-0.2, 0) is 47.4 Å². The first-order valence-corrected chi connectivity index (χ1v) is 21.3. The van der Waals surface area contributed by atoms with Crippen molar-refractivity contribution in [3.05, 3.63) is 29.8 Å². The van der Waals surface area contributed by atoms with E-state index in [9.17, 15) is 4.79 Å². The van der Waals surface area contributed by atoms with Crippen molar-refractivity contribution in [2.45, 2.75) is 96.8 Å². The van der Waals surface area contributed by atoms with Gasteiger partial charge in [-0.25, -0.2) is 0 Å². The topological polar surface area (TPSA) is 119 Å². The molecule has 55 heavy (non-hydrogen) atoms. The van der Waals surface area contributed by atoms with Crippen LogP contribution in [0.15, 0.2) is 24.3 Å².